The third-order valence-corrected chi connectivity index (χ3v) is 7.27. The number of aliphatic imine (C=N–C) groups is 1. The number of rotatable bonds is 5. The van der Waals surface area contributed by atoms with Gasteiger partial charge in [0.1, 0.15) is 15.6 Å². The molecule has 0 atom stereocenters. The van der Waals surface area contributed by atoms with Gasteiger partial charge in [0.25, 0.3) is 10.0 Å². The van der Waals surface area contributed by atoms with E-state index < -0.39 is 24.9 Å². The van der Waals surface area contributed by atoms with Gasteiger partial charge in [-0.15, -0.1) is 11.8 Å². The topological polar surface area (TPSA) is 119 Å². The summed E-state index contributed by atoms with van der Waals surface area (Å²) in [6, 6.07) is 11.8. The average Bonchev–Trinajstić information content (AvgIpc) is 2.53. The Morgan fingerprint density at radius 3 is 2.44 bits per heavy atom. The minimum Gasteiger partial charge on any atom is -0.266 e. The second-order valence-corrected chi connectivity index (χ2v) is 10.0. The van der Waals surface area contributed by atoms with Gasteiger partial charge in [0, 0.05) is 33.4 Å². The molecule has 0 saturated heterocycles. The largest absolute Gasteiger partial charge is 0.266 e. The third-order valence-electron chi connectivity index (χ3n) is 3.47. The van der Waals surface area contributed by atoms with Crippen LogP contribution >= 0.6 is 23.4 Å². The van der Waals surface area contributed by atoms with Crippen LogP contribution in [0.2, 0.25) is 5.02 Å². The number of nitrogens with one attached hydrogen (secondary N) is 1. The Morgan fingerprint density at radius 2 is 1.81 bits per heavy atom. The molecule has 2 aromatic carbocycles. The number of nitrogens with zero attached hydrogens (tertiary/aromatic N) is 1. The zero-order valence-electron chi connectivity index (χ0n) is 13.9. The van der Waals surface area contributed by atoms with E-state index in [2.05, 4.69) is 9.71 Å². The molecule has 0 bridgehead atoms. The Balaban J connectivity index is 0.00000261. The summed E-state index contributed by atoms with van der Waals surface area (Å²) in [6.45, 7) is 0. The van der Waals surface area contributed by atoms with Crippen LogP contribution in [-0.4, -0.2) is 28.4 Å². The van der Waals surface area contributed by atoms with Crippen LogP contribution in [0.1, 0.15) is 5.56 Å². The molecule has 0 saturated carbocycles. The van der Waals surface area contributed by atoms with Crippen molar-refractivity contribution in [2.24, 2.45) is 10.1 Å². The molecule has 1 heterocycles. The van der Waals surface area contributed by atoms with Crippen LogP contribution in [0, 0.1) is 0 Å². The summed E-state index contributed by atoms with van der Waals surface area (Å²) in [6.07, 6.45) is 0. The number of nitrogens with two attached hydrogens (primary N) is 1. The van der Waals surface area contributed by atoms with Gasteiger partial charge in [-0.25, -0.2) is 27.0 Å². The predicted molar refractivity (Wildman–Crippen MR) is 103 cm³/mol. The minimum atomic E-state index is -4.15. The number of sulfonamides is 2. The smallest absolute Gasteiger partial charge is 0.265 e. The summed E-state index contributed by atoms with van der Waals surface area (Å²) < 4.78 is 50.3. The molecule has 140 valence electrons. The molecular weight excluding hydrogens is 618 g/mol. The van der Waals surface area contributed by atoms with Crippen LogP contribution in [0.25, 0.3) is 0 Å². The van der Waals surface area contributed by atoms with Gasteiger partial charge in [-0.05, 0) is 17.7 Å². The fourth-order valence-electron chi connectivity index (χ4n) is 2.32. The zero-order valence-corrected chi connectivity index (χ0v) is 22.6. The molecular formula is C15H14ClHgN3O4S3. The summed E-state index contributed by atoms with van der Waals surface area (Å²) in [5.41, 5.74) is 1.19. The first kappa shape index (κ1) is 22.6. The van der Waals surface area contributed by atoms with Crippen molar-refractivity contribution in [1.29, 1.82) is 0 Å². The number of primary sulfonamides is 1. The zero-order chi connectivity index (χ0) is 18.9. The normalized spacial score (nSPS) is 15.1. The van der Waals surface area contributed by atoms with Crippen LogP contribution < -0.4 is 9.86 Å². The number of fused-ring (bicyclic) bond motifs is 1. The number of benzene rings is 2. The molecule has 12 heteroatoms. The molecule has 0 fully saturated rings. The van der Waals surface area contributed by atoms with E-state index in [4.69, 9.17) is 16.7 Å². The van der Waals surface area contributed by atoms with Crippen molar-refractivity contribution in [3.05, 3.63) is 53.1 Å². The van der Waals surface area contributed by atoms with Gasteiger partial charge in [-0.1, -0.05) is 41.9 Å². The van der Waals surface area contributed by atoms with E-state index in [-0.39, 0.29) is 49.1 Å². The Bertz CT molecular complexity index is 1090. The molecule has 1 aliphatic heterocycles. The maximum absolute atomic E-state index is 12.4. The van der Waals surface area contributed by atoms with Crippen LogP contribution in [0.4, 0.5) is 5.69 Å². The second kappa shape index (κ2) is 8.79. The molecule has 0 aliphatic carbocycles. The molecule has 0 radical (unpaired) electrons. The van der Waals surface area contributed by atoms with Gasteiger partial charge in [0.2, 0.25) is 10.0 Å². The van der Waals surface area contributed by atoms with E-state index >= 15 is 0 Å². The maximum Gasteiger partial charge on any atom is 0.265 e. The van der Waals surface area contributed by atoms with E-state index in [0.717, 1.165) is 11.6 Å². The number of amidine groups is 1. The molecule has 2 aromatic rings. The van der Waals surface area contributed by atoms with Crippen molar-refractivity contribution in [2.75, 3.05) is 5.75 Å². The van der Waals surface area contributed by atoms with Crippen molar-refractivity contribution in [3.8, 4) is 0 Å². The van der Waals surface area contributed by atoms with Gasteiger partial charge in [-0.2, -0.15) is 0 Å². The quantitative estimate of drug-likeness (QED) is 0.491. The van der Waals surface area contributed by atoms with Crippen LogP contribution in [0.3, 0.4) is 0 Å². The Morgan fingerprint density at radius 1 is 1.15 bits per heavy atom. The summed E-state index contributed by atoms with van der Waals surface area (Å²) in [5.74, 6) is 1.28. The molecule has 1 aliphatic rings. The average molecular weight is 633 g/mol. The first-order valence-electron chi connectivity index (χ1n) is 7.25. The molecule has 0 unspecified atom stereocenters. The molecule has 0 aromatic heterocycles. The molecule has 27 heavy (non-hydrogen) atoms. The van der Waals surface area contributed by atoms with Crippen LogP contribution in [0.5, 0.6) is 0 Å². The molecule has 3 rings (SSSR count). The summed E-state index contributed by atoms with van der Waals surface area (Å²) in [5, 5.41) is 4.88. The first-order valence-corrected chi connectivity index (χ1v) is 11.8. The molecule has 0 spiro atoms. The summed E-state index contributed by atoms with van der Waals surface area (Å²) in [7, 11) is -8.11. The molecule has 7 nitrogen and oxygen atoms in total. The Kier molecular flexibility index (Phi) is 7.37. The third kappa shape index (κ3) is 5.45. The summed E-state index contributed by atoms with van der Waals surface area (Å²) >= 11 is 7.42. The number of hydrogen-bond acceptors (Lipinski definition) is 6. The van der Waals surface area contributed by atoms with Crippen molar-refractivity contribution >= 4 is 54.9 Å². The number of hydrogen-bond donors (Lipinski definition) is 2. The van der Waals surface area contributed by atoms with E-state index in [1.807, 2.05) is 30.3 Å². The van der Waals surface area contributed by atoms with Gasteiger partial charge in [0.05, 0.1) is 16.5 Å². The minimum absolute atomic E-state index is 0. The van der Waals surface area contributed by atoms with Gasteiger partial charge >= 0.3 is 0 Å². The molecule has 3 N–H and O–H groups in total. The van der Waals surface area contributed by atoms with E-state index in [9.17, 15) is 16.8 Å². The molecule has 0 amide bonds. The number of halogens is 1. The monoisotopic (exact) mass is 633 g/mol. The fraction of sp³-hybridized carbons (Fsp3) is 0.133. The SMILES string of the molecule is NS(=O)(=O)c1cc2c(cc1Cl)N=C(CSCc1ccccc1)NS2(=O)=O.[Hg]. The fourth-order valence-corrected chi connectivity index (χ4v) is 5.64. The van der Waals surface area contributed by atoms with Gasteiger partial charge in [-0.3, -0.25) is 4.72 Å². The van der Waals surface area contributed by atoms with Crippen molar-refractivity contribution in [2.45, 2.75) is 15.5 Å². The van der Waals surface area contributed by atoms with Crippen molar-refractivity contribution in [1.82, 2.24) is 4.72 Å². The maximum atomic E-state index is 12.4. The van der Waals surface area contributed by atoms with Gasteiger partial charge in [0.15, 0.2) is 0 Å². The van der Waals surface area contributed by atoms with Crippen molar-refractivity contribution in [3.63, 3.8) is 0 Å². The van der Waals surface area contributed by atoms with Crippen molar-refractivity contribution < 1.29 is 44.5 Å². The van der Waals surface area contributed by atoms with E-state index in [1.165, 1.54) is 17.8 Å². The van der Waals surface area contributed by atoms with Gasteiger partial charge < -0.3 is 0 Å². The second-order valence-electron chi connectivity index (χ2n) is 5.44. The Hall–Kier alpha value is -0.655. The van der Waals surface area contributed by atoms with E-state index in [0.29, 0.717) is 11.5 Å². The standard InChI is InChI=1S/C15H14ClN3O4S3.Hg/c16-11-6-12-14(7-13(11)25(17,20)21)26(22,23)19-15(18-12)9-24-8-10-4-2-1-3-5-10;/h1-7H,8-9H2,(H,18,19)(H2,17,20,21);. The Labute approximate surface area is 187 Å². The van der Waals surface area contributed by atoms with E-state index in [1.54, 1.807) is 0 Å². The number of thioether (sulfide) groups is 1. The van der Waals surface area contributed by atoms with Crippen LogP contribution in [-0.2, 0) is 53.5 Å². The van der Waals surface area contributed by atoms with Crippen LogP contribution in [0.15, 0.2) is 57.2 Å². The summed E-state index contributed by atoms with van der Waals surface area (Å²) in [4.78, 5) is 3.51. The first-order chi connectivity index (χ1) is 12.2. The predicted octanol–water partition coefficient (Wildman–Crippen LogP) is 2.24.